The van der Waals surface area contributed by atoms with E-state index in [4.69, 9.17) is 5.73 Å². The summed E-state index contributed by atoms with van der Waals surface area (Å²) in [6.45, 7) is 6.24. The molecule has 0 aliphatic carbocycles. The molecule has 0 bridgehead atoms. The maximum atomic E-state index is 5.78. The Morgan fingerprint density at radius 1 is 1.33 bits per heavy atom. The minimum atomic E-state index is 0.620. The summed E-state index contributed by atoms with van der Waals surface area (Å²) in [5.41, 5.74) is 5.78. The van der Waals surface area contributed by atoms with Crippen LogP contribution in [-0.2, 0) is 19.5 Å². The maximum Gasteiger partial charge on any atom is 0.147 e. The second-order valence-electron chi connectivity index (χ2n) is 5.76. The summed E-state index contributed by atoms with van der Waals surface area (Å²) in [5.74, 6) is 2.98. The molecule has 2 aliphatic rings. The van der Waals surface area contributed by atoms with E-state index >= 15 is 0 Å². The van der Waals surface area contributed by atoms with Gasteiger partial charge in [-0.25, -0.2) is 0 Å². The van der Waals surface area contributed by atoms with Crippen molar-refractivity contribution in [3.63, 3.8) is 0 Å². The molecule has 1 saturated heterocycles. The molecule has 0 aromatic carbocycles. The van der Waals surface area contributed by atoms with E-state index in [1.165, 1.54) is 25.1 Å². The van der Waals surface area contributed by atoms with Gasteiger partial charge in [0.2, 0.25) is 0 Å². The number of rotatable bonds is 3. The van der Waals surface area contributed by atoms with E-state index < -0.39 is 0 Å². The van der Waals surface area contributed by atoms with Gasteiger partial charge < -0.3 is 10.3 Å². The molecule has 5 heteroatoms. The van der Waals surface area contributed by atoms with E-state index in [0.29, 0.717) is 12.0 Å². The predicted molar refractivity (Wildman–Crippen MR) is 70.0 cm³/mol. The number of nitrogens with two attached hydrogens (primary N) is 1. The van der Waals surface area contributed by atoms with Crippen LogP contribution in [0.4, 0.5) is 0 Å². The Hall–Kier alpha value is -0.940. The lowest BCUT2D eigenvalue weighted by Crippen LogP contribution is -2.29. The van der Waals surface area contributed by atoms with Crippen LogP contribution in [0.1, 0.15) is 37.8 Å². The number of likely N-dealkylation sites (tertiary alicyclic amines) is 1. The van der Waals surface area contributed by atoms with Gasteiger partial charge in [-0.2, -0.15) is 0 Å². The largest absolute Gasteiger partial charge is 0.330 e. The second-order valence-corrected chi connectivity index (χ2v) is 5.76. The first kappa shape index (κ1) is 12.1. The van der Waals surface area contributed by atoms with Gasteiger partial charge in [-0.05, 0) is 38.6 Å². The minimum absolute atomic E-state index is 0.620. The molecule has 2 unspecified atom stereocenters. The third kappa shape index (κ3) is 2.17. The van der Waals surface area contributed by atoms with Crippen LogP contribution in [0.5, 0.6) is 0 Å². The monoisotopic (exact) mass is 249 g/mol. The Balaban J connectivity index is 1.71. The lowest BCUT2D eigenvalue weighted by atomic mass is 10.1. The Bertz CT molecular complexity index is 414. The molecule has 5 nitrogen and oxygen atoms in total. The number of aryl methyl sites for hydroxylation is 1. The standard InChI is InChI=1S/C13H23N5/c1-10-6-11(7-14)8-17(10)9-13-16-15-12-4-2-3-5-18(12)13/h10-11H,2-9,14H2,1H3. The van der Waals surface area contributed by atoms with E-state index in [0.717, 1.165) is 38.4 Å². The molecule has 0 amide bonds. The van der Waals surface area contributed by atoms with Crippen molar-refractivity contribution >= 4 is 0 Å². The molecule has 0 saturated carbocycles. The van der Waals surface area contributed by atoms with Crippen LogP contribution >= 0.6 is 0 Å². The zero-order chi connectivity index (χ0) is 12.5. The first-order valence-electron chi connectivity index (χ1n) is 7.13. The van der Waals surface area contributed by atoms with Crippen molar-refractivity contribution in [2.45, 2.75) is 51.7 Å². The molecule has 3 rings (SSSR count). The van der Waals surface area contributed by atoms with Gasteiger partial charge in [0.25, 0.3) is 0 Å². The van der Waals surface area contributed by atoms with Crippen molar-refractivity contribution < 1.29 is 0 Å². The van der Waals surface area contributed by atoms with Crippen LogP contribution in [0, 0.1) is 5.92 Å². The molecule has 0 spiro atoms. The van der Waals surface area contributed by atoms with Gasteiger partial charge in [-0.1, -0.05) is 0 Å². The van der Waals surface area contributed by atoms with Gasteiger partial charge in [0.1, 0.15) is 11.6 Å². The number of nitrogens with zero attached hydrogens (tertiary/aromatic N) is 4. The molecule has 2 atom stereocenters. The summed E-state index contributed by atoms with van der Waals surface area (Å²) < 4.78 is 2.33. The van der Waals surface area contributed by atoms with Gasteiger partial charge in [0.05, 0.1) is 6.54 Å². The Morgan fingerprint density at radius 2 is 2.22 bits per heavy atom. The van der Waals surface area contributed by atoms with E-state index in [1.54, 1.807) is 0 Å². The lowest BCUT2D eigenvalue weighted by Gasteiger charge is -2.22. The number of aromatic nitrogens is 3. The molecular weight excluding hydrogens is 226 g/mol. The van der Waals surface area contributed by atoms with Crippen molar-refractivity contribution in [3.05, 3.63) is 11.6 Å². The smallest absolute Gasteiger partial charge is 0.147 e. The molecule has 0 radical (unpaired) electrons. The summed E-state index contributed by atoms with van der Waals surface area (Å²) >= 11 is 0. The van der Waals surface area contributed by atoms with Crippen LogP contribution in [0.3, 0.4) is 0 Å². The van der Waals surface area contributed by atoms with E-state index in [2.05, 4.69) is 26.6 Å². The summed E-state index contributed by atoms with van der Waals surface area (Å²) in [5, 5.41) is 8.71. The highest BCUT2D eigenvalue weighted by molar-refractivity contribution is 5.00. The quantitative estimate of drug-likeness (QED) is 0.860. The van der Waals surface area contributed by atoms with E-state index in [1.807, 2.05) is 0 Å². The fourth-order valence-electron chi connectivity index (χ4n) is 3.28. The van der Waals surface area contributed by atoms with Crippen molar-refractivity contribution in [1.82, 2.24) is 19.7 Å². The van der Waals surface area contributed by atoms with Crippen molar-refractivity contribution in [1.29, 1.82) is 0 Å². The average molecular weight is 249 g/mol. The number of hydrogen-bond acceptors (Lipinski definition) is 4. The highest BCUT2D eigenvalue weighted by atomic mass is 15.3. The van der Waals surface area contributed by atoms with Gasteiger partial charge in [0.15, 0.2) is 0 Å². The highest BCUT2D eigenvalue weighted by Gasteiger charge is 2.29. The third-order valence-corrected chi connectivity index (χ3v) is 4.40. The molecule has 3 heterocycles. The summed E-state index contributed by atoms with van der Waals surface area (Å²) in [6.07, 6.45) is 4.83. The van der Waals surface area contributed by atoms with Gasteiger partial charge in [-0.15, -0.1) is 10.2 Å². The molecule has 18 heavy (non-hydrogen) atoms. The van der Waals surface area contributed by atoms with Gasteiger partial charge in [0, 0.05) is 25.6 Å². The van der Waals surface area contributed by atoms with E-state index in [9.17, 15) is 0 Å². The summed E-state index contributed by atoms with van der Waals surface area (Å²) in [7, 11) is 0. The molecule has 2 N–H and O–H groups in total. The summed E-state index contributed by atoms with van der Waals surface area (Å²) in [6, 6.07) is 0.620. The third-order valence-electron chi connectivity index (χ3n) is 4.40. The maximum absolute atomic E-state index is 5.78. The molecule has 100 valence electrons. The normalized spacial score (nSPS) is 28.6. The fourth-order valence-corrected chi connectivity index (χ4v) is 3.28. The Morgan fingerprint density at radius 3 is 3.00 bits per heavy atom. The minimum Gasteiger partial charge on any atom is -0.330 e. The first-order valence-corrected chi connectivity index (χ1v) is 7.13. The zero-order valence-corrected chi connectivity index (χ0v) is 11.2. The first-order chi connectivity index (χ1) is 8.78. The Labute approximate surface area is 108 Å². The summed E-state index contributed by atoms with van der Waals surface area (Å²) in [4.78, 5) is 2.50. The SMILES string of the molecule is CC1CC(CN)CN1Cc1nnc2n1CCCC2. The van der Waals surface area contributed by atoms with Crippen LogP contribution in [0.25, 0.3) is 0 Å². The van der Waals surface area contributed by atoms with Crippen LogP contribution < -0.4 is 5.73 Å². The molecule has 1 fully saturated rings. The molecular formula is C13H23N5. The number of hydrogen-bond donors (Lipinski definition) is 1. The lowest BCUT2D eigenvalue weighted by molar-refractivity contribution is 0.244. The van der Waals surface area contributed by atoms with Crippen LogP contribution in [-0.4, -0.2) is 38.8 Å². The molecule has 1 aromatic rings. The van der Waals surface area contributed by atoms with Crippen LogP contribution in [0.15, 0.2) is 0 Å². The highest BCUT2D eigenvalue weighted by Crippen LogP contribution is 2.24. The van der Waals surface area contributed by atoms with Gasteiger partial charge >= 0.3 is 0 Å². The topological polar surface area (TPSA) is 60.0 Å². The average Bonchev–Trinajstić information content (AvgIpc) is 2.95. The van der Waals surface area contributed by atoms with Crippen molar-refractivity contribution in [3.8, 4) is 0 Å². The predicted octanol–water partition coefficient (Wildman–Crippen LogP) is 0.783. The van der Waals surface area contributed by atoms with Gasteiger partial charge in [-0.3, -0.25) is 4.90 Å². The van der Waals surface area contributed by atoms with Crippen molar-refractivity contribution in [2.24, 2.45) is 11.7 Å². The number of fused-ring (bicyclic) bond motifs is 1. The van der Waals surface area contributed by atoms with Crippen molar-refractivity contribution in [2.75, 3.05) is 13.1 Å². The molecule has 2 aliphatic heterocycles. The van der Waals surface area contributed by atoms with Crippen LogP contribution in [0.2, 0.25) is 0 Å². The second kappa shape index (κ2) is 4.97. The zero-order valence-electron chi connectivity index (χ0n) is 11.2. The Kier molecular flexibility index (Phi) is 3.35. The van der Waals surface area contributed by atoms with E-state index in [-0.39, 0.29) is 0 Å². The molecule has 1 aromatic heterocycles. The fraction of sp³-hybridized carbons (Fsp3) is 0.846.